The zero-order valence-corrected chi connectivity index (χ0v) is 13.6. The van der Waals surface area contributed by atoms with Crippen molar-refractivity contribution >= 4 is 49.8 Å². The number of rotatable bonds is 4. The van der Waals surface area contributed by atoms with E-state index in [1.54, 1.807) is 12.1 Å². The van der Waals surface area contributed by atoms with Gasteiger partial charge in [-0.1, -0.05) is 51.2 Å². The van der Waals surface area contributed by atoms with E-state index in [0.717, 1.165) is 10.7 Å². The van der Waals surface area contributed by atoms with Gasteiger partial charge in [0.05, 0.1) is 5.75 Å². The second-order valence-electron chi connectivity index (χ2n) is 3.96. The summed E-state index contributed by atoms with van der Waals surface area (Å²) in [5, 5.41) is 11.5. The molecule has 0 aliphatic heterocycles. The quantitative estimate of drug-likeness (QED) is 0.508. The van der Waals surface area contributed by atoms with Crippen molar-refractivity contribution in [3.63, 3.8) is 0 Å². The minimum absolute atomic E-state index is 0.00480. The molecule has 0 aliphatic carbocycles. The van der Waals surface area contributed by atoms with Crippen molar-refractivity contribution in [2.24, 2.45) is 0 Å². The van der Waals surface area contributed by atoms with Crippen LogP contribution >= 0.6 is 39.0 Å². The summed E-state index contributed by atoms with van der Waals surface area (Å²) in [5.41, 5.74) is 0.311. The number of fused-ring (bicyclic) bond motifs is 1. The molecule has 3 rings (SSSR count). The molecule has 0 bridgehead atoms. The normalized spacial score (nSPS) is 10.9. The van der Waals surface area contributed by atoms with E-state index in [1.807, 2.05) is 12.1 Å². The Hall–Kier alpha value is -1.58. The van der Waals surface area contributed by atoms with E-state index in [9.17, 15) is 9.59 Å². The highest BCUT2D eigenvalue weighted by Gasteiger charge is 2.11. The number of nitrogens with zero attached hydrogens (tertiary/aromatic N) is 4. The fourth-order valence-electron chi connectivity index (χ4n) is 1.56. The predicted octanol–water partition coefficient (Wildman–Crippen LogP) is 2.28. The van der Waals surface area contributed by atoms with E-state index < -0.39 is 0 Å². The Labute approximate surface area is 135 Å². The van der Waals surface area contributed by atoms with Crippen molar-refractivity contribution in [3.8, 4) is 0 Å². The molecule has 0 aliphatic rings. The highest BCUT2D eigenvalue weighted by molar-refractivity contribution is 9.10. The zero-order valence-electron chi connectivity index (χ0n) is 10.4. The minimum Gasteiger partial charge on any atom is -0.293 e. The predicted molar refractivity (Wildman–Crippen MR) is 84.1 cm³/mol. The lowest BCUT2D eigenvalue weighted by Gasteiger charge is -1.99. The molecule has 0 fully saturated rings. The maximum Gasteiger partial charge on any atom is 0.293 e. The summed E-state index contributed by atoms with van der Waals surface area (Å²) >= 11 is 5.84. The number of hydrogen-bond acceptors (Lipinski definition) is 7. The van der Waals surface area contributed by atoms with Gasteiger partial charge in [0.2, 0.25) is 4.96 Å². The van der Waals surface area contributed by atoms with E-state index in [2.05, 4.69) is 31.2 Å². The van der Waals surface area contributed by atoms with Crippen LogP contribution in [0.5, 0.6) is 0 Å². The molecule has 9 heteroatoms. The summed E-state index contributed by atoms with van der Waals surface area (Å²) in [4.78, 5) is 24.0. The van der Waals surface area contributed by atoms with Gasteiger partial charge in [0, 0.05) is 10.0 Å². The number of hydrogen-bond donors (Lipinski definition) is 0. The first-order chi connectivity index (χ1) is 10.1. The Morgan fingerprint density at radius 3 is 2.81 bits per heavy atom. The van der Waals surface area contributed by atoms with E-state index in [-0.39, 0.29) is 17.1 Å². The third-order valence-electron chi connectivity index (χ3n) is 2.55. The van der Waals surface area contributed by atoms with Gasteiger partial charge in [-0.05, 0) is 12.1 Å². The standard InChI is InChI=1S/C12H7BrN4O2S2/c13-8-3-1-7(2-4-8)9(18)6-20-12-16-17-10(19)5-14-15-11(17)21-12/h1-5H,6H2. The van der Waals surface area contributed by atoms with Gasteiger partial charge in [-0.2, -0.15) is 9.61 Å². The number of benzene rings is 1. The Morgan fingerprint density at radius 2 is 2.10 bits per heavy atom. The lowest BCUT2D eigenvalue weighted by Crippen LogP contribution is -2.14. The van der Waals surface area contributed by atoms with Gasteiger partial charge in [0.1, 0.15) is 6.20 Å². The number of Topliss-reactive ketones (excluding diaryl/α,β-unsaturated/α-hetero) is 1. The van der Waals surface area contributed by atoms with Gasteiger partial charge >= 0.3 is 0 Å². The molecular weight excluding hydrogens is 376 g/mol. The van der Waals surface area contributed by atoms with Crippen molar-refractivity contribution in [3.05, 3.63) is 50.9 Å². The molecule has 0 spiro atoms. The molecule has 1 aromatic carbocycles. The Kier molecular flexibility index (Phi) is 4.13. The third kappa shape index (κ3) is 3.20. The van der Waals surface area contributed by atoms with Crippen LogP contribution < -0.4 is 5.56 Å². The number of ketones is 1. The van der Waals surface area contributed by atoms with Gasteiger partial charge in [0.15, 0.2) is 10.1 Å². The van der Waals surface area contributed by atoms with Crippen LogP contribution in [-0.2, 0) is 0 Å². The minimum atomic E-state index is -0.331. The van der Waals surface area contributed by atoms with Crippen molar-refractivity contribution in [2.75, 3.05) is 5.75 Å². The van der Waals surface area contributed by atoms with Crippen LogP contribution in [0.15, 0.2) is 44.1 Å². The van der Waals surface area contributed by atoms with Gasteiger partial charge in [-0.3, -0.25) is 9.59 Å². The lowest BCUT2D eigenvalue weighted by molar-refractivity contribution is 0.102. The summed E-state index contributed by atoms with van der Waals surface area (Å²) in [6, 6.07) is 7.18. The molecule has 0 saturated carbocycles. The van der Waals surface area contributed by atoms with E-state index in [0.29, 0.717) is 14.9 Å². The second-order valence-corrected chi connectivity index (χ2v) is 7.06. The number of aromatic nitrogens is 4. The molecule has 0 amide bonds. The lowest BCUT2D eigenvalue weighted by atomic mass is 10.2. The van der Waals surface area contributed by atoms with Crippen LogP contribution in [0.4, 0.5) is 0 Å². The first kappa shape index (κ1) is 14.4. The van der Waals surface area contributed by atoms with Gasteiger partial charge < -0.3 is 0 Å². The van der Waals surface area contributed by atoms with Crippen molar-refractivity contribution in [1.29, 1.82) is 0 Å². The molecule has 0 radical (unpaired) electrons. The van der Waals surface area contributed by atoms with Crippen LogP contribution in [0.3, 0.4) is 0 Å². The molecule has 3 aromatic rings. The fraction of sp³-hybridized carbons (Fsp3) is 0.0833. The largest absolute Gasteiger partial charge is 0.293 e. The molecule has 2 heterocycles. The number of carbonyl (C=O) groups is 1. The van der Waals surface area contributed by atoms with Gasteiger partial charge in [0.25, 0.3) is 5.56 Å². The maximum atomic E-state index is 12.1. The zero-order chi connectivity index (χ0) is 14.8. The number of carbonyl (C=O) groups excluding carboxylic acids is 1. The first-order valence-electron chi connectivity index (χ1n) is 5.76. The van der Waals surface area contributed by atoms with Crippen molar-refractivity contribution < 1.29 is 4.79 Å². The van der Waals surface area contributed by atoms with Crippen LogP contribution in [-0.4, -0.2) is 31.3 Å². The smallest absolute Gasteiger partial charge is 0.293 e. The Bertz CT molecular complexity index is 860. The van der Waals surface area contributed by atoms with Crippen molar-refractivity contribution in [2.45, 2.75) is 4.34 Å². The monoisotopic (exact) mass is 382 g/mol. The SMILES string of the molecule is O=C(CSc1nn2c(=O)cnnc2s1)c1ccc(Br)cc1. The molecule has 2 aromatic heterocycles. The molecule has 0 unspecified atom stereocenters. The Balaban J connectivity index is 1.74. The summed E-state index contributed by atoms with van der Waals surface area (Å²) in [5.74, 6) is 0.258. The van der Waals surface area contributed by atoms with Crippen LogP contribution in [0.2, 0.25) is 0 Å². The number of thioether (sulfide) groups is 1. The third-order valence-corrected chi connectivity index (χ3v) is 5.12. The first-order valence-corrected chi connectivity index (χ1v) is 8.36. The van der Waals surface area contributed by atoms with E-state index >= 15 is 0 Å². The van der Waals surface area contributed by atoms with Crippen LogP contribution in [0, 0.1) is 0 Å². The van der Waals surface area contributed by atoms with E-state index in [4.69, 9.17) is 0 Å². The highest BCUT2D eigenvalue weighted by Crippen LogP contribution is 2.23. The topological polar surface area (TPSA) is 77.2 Å². The summed E-state index contributed by atoms with van der Waals surface area (Å²) < 4.78 is 2.72. The highest BCUT2D eigenvalue weighted by atomic mass is 79.9. The summed E-state index contributed by atoms with van der Waals surface area (Å²) in [6.45, 7) is 0. The summed E-state index contributed by atoms with van der Waals surface area (Å²) in [6.07, 6.45) is 1.11. The fourth-order valence-corrected chi connectivity index (χ4v) is 3.60. The molecule has 0 saturated heterocycles. The maximum absolute atomic E-state index is 12.1. The Morgan fingerprint density at radius 1 is 1.33 bits per heavy atom. The number of halogens is 1. The molecule has 106 valence electrons. The summed E-state index contributed by atoms with van der Waals surface area (Å²) in [7, 11) is 0. The molecular formula is C12H7BrN4O2S2. The molecule has 0 atom stereocenters. The van der Waals surface area contributed by atoms with Gasteiger partial charge in [-0.25, -0.2) is 0 Å². The molecule has 21 heavy (non-hydrogen) atoms. The second kappa shape index (κ2) is 6.04. The van der Waals surface area contributed by atoms with Crippen LogP contribution in [0.1, 0.15) is 10.4 Å². The van der Waals surface area contributed by atoms with Crippen molar-refractivity contribution in [1.82, 2.24) is 19.8 Å². The van der Waals surface area contributed by atoms with Gasteiger partial charge in [-0.15, -0.1) is 10.2 Å². The molecule has 6 nitrogen and oxygen atoms in total. The molecule has 0 N–H and O–H groups in total. The average molecular weight is 383 g/mol. The average Bonchev–Trinajstić information content (AvgIpc) is 2.90. The van der Waals surface area contributed by atoms with E-state index in [1.165, 1.54) is 27.6 Å². The van der Waals surface area contributed by atoms with Crippen LogP contribution in [0.25, 0.3) is 4.96 Å².